The quantitative estimate of drug-likeness (QED) is 0.774. The summed E-state index contributed by atoms with van der Waals surface area (Å²) in [5.41, 5.74) is 7.69. The highest BCUT2D eigenvalue weighted by Crippen LogP contribution is 2.26. The van der Waals surface area contributed by atoms with Crippen molar-refractivity contribution in [3.8, 4) is 17.0 Å². The Kier molecular flexibility index (Phi) is 5.64. The molecule has 0 saturated carbocycles. The summed E-state index contributed by atoms with van der Waals surface area (Å²) >= 11 is 0. The van der Waals surface area contributed by atoms with E-state index in [-0.39, 0.29) is 30.6 Å². The molecule has 2 rings (SSSR count). The fourth-order valence-electron chi connectivity index (χ4n) is 1.26. The number of aromatic hydroxyl groups is 1. The second-order valence-corrected chi connectivity index (χ2v) is 2.99. The molecule has 0 saturated heterocycles. The predicted molar refractivity (Wildman–Crippen MR) is 70.2 cm³/mol. The van der Waals surface area contributed by atoms with Crippen molar-refractivity contribution in [1.82, 2.24) is 4.98 Å². The monoisotopic (exact) mass is 258 g/mol. The van der Waals surface area contributed by atoms with Gasteiger partial charge in [0.25, 0.3) is 0 Å². The van der Waals surface area contributed by atoms with Crippen LogP contribution >= 0.6 is 24.8 Å². The molecule has 0 unspecified atom stereocenters. The molecule has 86 valence electrons. The summed E-state index contributed by atoms with van der Waals surface area (Å²) in [6.45, 7) is 0. The zero-order valence-electron chi connectivity index (χ0n) is 8.33. The van der Waals surface area contributed by atoms with Gasteiger partial charge in [-0.25, -0.2) is 0 Å². The molecule has 3 nitrogen and oxygen atoms in total. The van der Waals surface area contributed by atoms with Crippen molar-refractivity contribution in [2.24, 2.45) is 0 Å². The first kappa shape index (κ1) is 14.6. The van der Waals surface area contributed by atoms with E-state index in [2.05, 4.69) is 4.98 Å². The van der Waals surface area contributed by atoms with Crippen molar-refractivity contribution < 1.29 is 5.11 Å². The fourth-order valence-corrected chi connectivity index (χ4v) is 1.26. The standard InChI is InChI=1S/C11H10N2O.2ClH/c12-9-5-3-8(4-6-9)11-10(14)2-1-7-13-11;;/h1-7,14H,12H2;2*1H. The van der Waals surface area contributed by atoms with E-state index in [0.717, 1.165) is 5.56 Å². The first-order valence-corrected chi connectivity index (χ1v) is 4.27. The molecule has 2 aromatic rings. The average molecular weight is 259 g/mol. The van der Waals surface area contributed by atoms with Gasteiger partial charge in [-0.3, -0.25) is 4.98 Å². The van der Waals surface area contributed by atoms with Gasteiger partial charge in [0.2, 0.25) is 0 Å². The van der Waals surface area contributed by atoms with Crippen molar-refractivity contribution in [2.45, 2.75) is 0 Å². The van der Waals surface area contributed by atoms with Gasteiger partial charge in [0.15, 0.2) is 0 Å². The van der Waals surface area contributed by atoms with Crippen LogP contribution in [0.25, 0.3) is 11.3 Å². The van der Waals surface area contributed by atoms with Gasteiger partial charge >= 0.3 is 0 Å². The molecule has 1 aromatic heterocycles. The van der Waals surface area contributed by atoms with Gasteiger partial charge in [0, 0.05) is 17.4 Å². The molecule has 0 amide bonds. The normalized spacial score (nSPS) is 8.75. The van der Waals surface area contributed by atoms with E-state index in [0.29, 0.717) is 11.4 Å². The lowest BCUT2D eigenvalue weighted by atomic mass is 10.1. The molecular formula is C11H12Cl2N2O. The third kappa shape index (κ3) is 3.02. The van der Waals surface area contributed by atoms with Gasteiger partial charge in [0.1, 0.15) is 11.4 Å². The maximum atomic E-state index is 9.54. The van der Waals surface area contributed by atoms with Crippen LogP contribution in [0.15, 0.2) is 42.6 Å². The molecule has 16 heavy (non-hydrogen) atoms. The van der Waals surface area contributed by atoms with Crippen LogP contribution in [0.3, 0.4) is 0 Å². The fraction of sp³-hybridized carbons (Fsp3) is 0. The van der Waals surface area contributed by atoms with E-state index in [1.807, 2.05) is 12.1 Å². The number of nitrogens with two attached hydrogens (primary N) is 1. The van der Waals surface area contributed by atoms with Crippen LogP contribution in [0.1, 0.15) is 0 Å². The van der Waals surface area contributed by atoms with Crippen LogP contribution in [0, 0.1) is 0 Å². The summed E-state index contributed by atoms with van der Waals surface area (Å²) < 4.78 is 0. The number of benzene rings is 1. The highest BCUT2D eigenvalue weighted by atomic mass is 35.5. The Morgan fingerprint density at radius 2 is 1.62 bits per heavy atom. The van der Waals surface area contributed by atoms with Crippen molar-refractivity contribution in [1.29, 1.82) is 0 Å². The Morgan fingerprint density at radius 3 is 2.19 bits per heavy atom. The topological polar surface area (TPSA) is 59.1 Å². The molecule has 0 aliphatic carbocycles. The van der Waals surface area contributed by atoms with E-state index >= 15 is 0 Å². The summed E-state index contributed by atoms with van der Waals surface area (Å²) in [7, 11) is 0. The van der Waals surface area contributed by atoms with Crippen LogP contribution in [0.4, 0.5) is 5.69 Å². The van der Waals surface area contributed by atoms with Crippen molar-refractivity contribution in [2.75, 3.05) is 5.73 Å². The molecule has 0 aliphatic rings. The average Bonchev–Trinajstić information content (AvgIpc) is 2.20. The molecule has 0 bridgehead atoms. The zero-order valence-corrected chi connectivity index (χ0v) is 9.96. The molecule has 0 fully saturated rings. The molecular weight excluding hydrogens is 247 g/mol. The number of anilines is 1. The van der Waals surface area contributed by atoms with Gasteiger partial charge < -0.3 is 10.8 Å². The van der Waals surface area contributed by atoms with Gasteiger partial charge in [-0.1, -0.05) is 12.1 Å². The number of nitrogen functional groups attached to an aromatic ring is 1. The molecule has 3 N–H and O–H groups in total. The Morgan fingerprint density at radius 1 is 1.00 bits per heavy atom. The van der Waals surface area contributed by atoms with Gasteiger partial charge in [-0.2, -0.15) is 0 Å². The summed E-state index contributed by atoms with van der Waals surface area (Å²) in [6.07, 6.45) is 1.64. The van der Waals surface area contributed by atoms with Crippen molar-refractivity contribution in [3.05, 3.63) is 42.6 Å². The second-order valence-electron chi connectivity index (χ2n) is 2.99. The lowest BCUT2D eigenvalue weighted by molar-refractivity contribution is 0.475. The number of nitrogens with zero attached hydrogens (tertiary/aromatic N) is 1. The first-order valence-electron chi connectivity index (χ1n) is 4.27. The van der Waals surface area contributed by atoms with Gasteiger partial charge in [0.05, 0.1) is 0 Å². The Bertz CT molecular complexity index is 446. The number of aromatic nitrogens is 1. The SMILES string of the molecule is Cl.Cl.Nc1ccc(-c2ncccc2O)cc1. The Hall–Kier alpha value is -1.45. The number of hydrogen-bond donors (Lipinski definition) is 2. The second kappa shape index (κ2) is 6.20. The summed E-state index contributed by atoms with van der Waals surface area (Å²) in [5.74, 6) is 0.178. The predicted octanol–water partition coefficient (Wildman–Crippen LogP) is 2.88. The van der Waals surface area contributed by atoms with Crippen LogP contribution in [0.2, 0.25) is 0 Å². The van der Waals surface area contributed by atoms with Gasteiger partial charge in [-0.05, 0) is 24.3 Å². The maximum Gasteiger partial charge on any atom is 0.141 e. The number of rotatable bonds is 1. The minimum Gasteiger partial charge on any atom is -0.506 e. The first-order chi connectivity index (χ1) is 6.77. The largest absolute Gasteiger partial charge is 0.506 e. The lowest BCUT2D eigenvalue weighted by Crippen LogP contribution is -1.86. The molecule has 1 aromatic carbocycles. The number of halogens is 2. The Balaban J connectivity index is 0.00000112. The summed E-state index contributed by atoms with van der Waals surface area (Å²) in [6, 6.07) is 10.5. The minimum atomic E-state index is 0. The molecule has 0 aliphatic heterocycles. The van der Waals surface area contributed by atoms with E-state index in [9.17, 15) is 5.11 Å². The van der Waals surface area contributed by atoms with Crippen LogP contribution in [-0.4, -0.2) is 10.1 Å². The van der Waals surface area contributed by atoms with E-state index < -0.39 is 0 Å². The highest BCUT2D eigenvalue weighted by Gasteiger charge is 2.03. The molecule has 1 heterocycles. The summed E-state index contributed by atoms with van der Waals surface area (Å²) in [5, 5.41) is 9.54. The van der Waals surface area contributed by atoms with Crippen LogP contribution in [-0.2, 0) is 0 Å². The Labute approximate surface area is 106 Å². The molecule has 0 spiro atoms. The third-order valence-corrected chi connectivity index (χ3v) is 1.97. The number of pyridine rings is 1. The van der Waals surface area contributed by atoms with E-state index in [1.54, 1.807) is 30.5 Å². The maximum absolute atomic E-state index is 9.54. The van der Waals surface area contributed by atoms with Crippen molar-refractivity contribution in [3.63, 3.8) is 0 Å². The van der Waals surface area contributed by atoms with Crippen LogP contribution in [0.5, 0.6) is 5.75 Å². The zero-order chi connectivity index (χ0) is 9.97. The molecule has 0 atom stereocenters. The van der Waals surface area contributed by atoms with Crippen molar-refractivity contribution >= 4 is 30.5 Å². The summed E-state index contributed by atoms with van der Waals surface area (Å²) in [4.78, 5) is 4.09. The van der Waals surface area contributed by atoms with Crippen LogP contribution < -0.4 is 5.73 Å². The number of hydrogen-bond acceptors (Lipinski definition) is 3. The minimum absolute atomic E-state index is 0. The van der Waals surface area contributed by atoms with E-state index in [4.69, 9.17) is 5.73 Å². The molecule has 0 radical (unpaired) electrons. The lowest BCUT2D eigenvalue weighted by Gasteiger charge is -2.02. The third-order valence-electron chi connectivity index (χ3n) is 1.97. The highest BCUT2D eigenvalue weighted by molar-refractivity contribution is 5.85. The smallest absolute Gasteiger partial charge is 0.141 e. The molecule has 5 heteroatoms. The van der Waals surface area contributed by atoms with E-state index in [1.165, 1.54) is 0 Å². The van der Waals surface area contributed by atoms with Gasteiger partial charge in [-0.15, -0.1) is 24.8 Å².